The Balaban J connectivity index is 1.80. The Morgan fingerprint density at radius 1 is 1.00 bits per heavy atom. The standard InChI is InChI=1S/C19H23NO4/c1-22-18-12-16(13-19(21)23-2)8-9-17(18)24-11-10-20-14-15-6-4-3-5-7-15/h3-9,12,20H,10-11,13-14H2,1-2H3. The number of hydrogen-bond acceptors (Lipinski definition) is 5. The molecule has 5 nitrogen and oxygen atoms in total. The molecule has 0 spiro atoms. The molecule has 0 aliphatic heterocycles. The largest absolute Gasteiger partial charge is 0.493 e. The number of methoxy groups -OCH3 is 2. The van der Waals surface area contributed by atoms with Gasteiger partial charge in [-0.25, -0.2) is 0 Å². The van der Waals surface area contributed by atoms with Crippen LogP contribution in [0.2, 0.25) is 0 Å². The van der Waals surface area contributed by atoms with E-state index in [1.54, 1.807) is 13.2 Å². The van der Waals surface area contributed by atoms with Crippen molar-refractivity contribution in [2.45, 2.75) is 13.0 Å². The molecule has 0 bridgehead atoms. The molecule has 0 radical (unpaired) electrons. The summed E-state index contributed by atoms with van der Waals surface area (Å²) in [7, 11) is 2.96. The second-order valence-corrected chi connectivity index (χ2v) is 5.25. The van der Waals surface area contributed by atoms with Gasteiger partial charge in [-0.05, 0) is 23.3 Å². The summed E-state index contributed by atoms with van der Waals surface area (Å²) < 4.78 is 15.7. The highest BCUT2D eigenvalue weighted by Crippen LogP contribution is 2.28. The van der Waals surface area contributed by atoms with Crippen LogP contribution in [0.5, 0.6) is 11.5 Å². The molecule has 5 heteroatoms. The monoisotopic (exact) mass is 329 g/mol. The third kappa shape index (κ3) is 5.59. The molecule has 0 unspecified atom stereocenters. The predicted molar refractivity (Wildman–Crippen MR) is 92.4 cm³/mol. The molecule has 0 atom stereocenters. The Morgan fingerprint density at radius 2 is 1.79 bits per heavy atom. The van der Waals surface area contributed by atoms with Crippen LogP contribution in [-0.2, 0) is 22.5 Å². The van der Waals surface area contributed by atoms with Gasteiger partial charge >= 0.3 is 5.97 Å². The van der Waals surface area contributed by atoms with E-state index in [0.29, 0.717) is 18.1 Å². The Kier molecular flexibility index (Phi) is 7.11. The SMILES string of the molecule is COC(=O)Cc1ccc(OCCNCc2ccccc2)c(OC)c1. The lowest BCUT2D eigenvalue weighted by Crippen LogP contribution is -2.20. The molecule has 128 valence electrons. The Bertz CT molecular complexity index is 643. The van der Waals surface area contributed by atoms with Gasteiger partial charge in [-0.2, -0.15) is 0 Å². The van der Waals surface area contributed by atoms with Gasteiger partial charge < -0.3 is 19.5 Å². The van der Waals surface area contributed by atoms with Crippen molar-refractivity contribution >= 4 is 5.97 Å². The molecule has 0 fully saturated rings. The minimum absolute atomic E-state index is 0.214. The summed E-state index contributed by atoms with van der Waals surface area (Å²) in [4.78, 5) is 11.3. The fourth-order valence-electron chi connectivity index (χ4n) is 2.24. The van der Waals surface area contributed by atoms with Crippen LogP contribution in [0, 0.1) is 0 Å². The smallest absolute Gasteiger partial charge is 0.309 e. The second-order valence-electron chi connectivity index (χ2n) is 5.25. The van der Waals surface area contributed by atoms with E-state index in [1.807, 2.05) is 30.3 Å². The van der Waals surface area contributed by atoms with Crippen molar-refractivity contribution in [2.75, 3.05) is 27.4 Å². The van der Waals surface area contributed by atoms with Crippen molar-refractivity contribution in [1.82, 2.24) is 5.32 Å². The van der Waals surface area contributed by atoms with Crippen molar-refractivity contribution in [3.8, 4) is 11.5 Å². The molecule has 0 amide bonds. The number of nitrogens with one attached hydrogen (secondary N) is 1. The molecule has 2 aromatic carbocycles. The summed E-state index contributed by atoms with van der Waals surface area (Å²) in [6.45, 7) is 2.06. The van der Waals surface area contributed by atoms with Gasteiger partial charge in [0.05, 0.1) is 20.6 Å². The van der Waals surface area contributed by atoms with Crippen LogP contribution in [-0.4, -0.2) is 33.3 Å². The molecule has 0 saturated carbocycles. The number of rotatable bonds is 9. The molecular formula is C19H23NO4. The summed E-state index contributed by atoms with van der Waals surface area (Å²) in [5.41, 5.74) is 2.07. The lowest BCUT2D eigenvalue weighted by molar-refractivity contribution is -0.139. The van der Waals surface area contributed by atoms with Crippen LogP contribution in [0.4, 0.5) is 0 Å². The zero-order valence-corrected chi connectivity index (χ0v) is 14.1. The van der Waals surface area contributed by atoms with Crippen molar-refractivity contribution in [3.05, 3.63) is 59.7 Å². The topological polar surface area (TPSA) is 56.8 Å². The van der Waals surface area contributed by atoms with Crippen molar-refractivity contribution in [1.29, 1.82) is 0 Å². The van der Waals surface area contributed by atoms with Crippen LogP contribution in [0.1, 0.15) is 11.1 Å². The fraction of sp³-hybridized carbons (Fsp3) is 0.316. The van der Waals surface area contributed by atoms with Crippen LogP contribution in [0.3, 0.4) is 0 Å². The van der Waals surface area contributed by atoms with E-state index in [0.717, 1.165) is 18.7 Å². The first-order valence-corrected chi connectivity index (χ1v) is 7.84. The van der Waals surface area contributed by atoms with Gasteiger partial charge in [0.1, 0.15) is 6.61 Å². The molecule has 2 rings (SSSR count). The Morgan fingerprint density at radius 3 is 2.50 bits per heavy atom. The Hall–Kier alpha value is -2.53. The summed E-state index contributed by atoms with van der Waals surface area (Å²) >= 11 is 0. The normalized spacial score (nSPS) is 10.2. The molecule has 0 heterocycles. The van der Waals surface area contributed by atoms with Crippen LogP contribution in [0.15, 0.2) is 48.5 Å². The highest BCUT2D eigenvalue weighted by Gasteiger charge is 2.09. The van der Waals surface area contributed by atoms with E-state index < -0.39 is 0 Å². The highest BCUT2D eigenvalue weighted by atomic mass is 16.5. The quantitative estimate of drug-likeness (QED) is 0.566. The van der Waals surface area contributed by atoms with Crippen LogP contribution in [0.25, 0.3) is 0 Å². The number of carbonyl (C=O) groups is 1. The van der Waals surface area contributed by atoms with Gasteiger partial charge in [0.15, 0.2) is 11.5 Å². The first-order valence-electron chi connectivity index (χ1n) is 7.84. The third-order valence-corrected chi connectivity index (χ3v) is 3.51. The van der Waals surface area contributed by atoms with E-state index in [-0.39, 0.29) is 12.4 Å². The summed E-state index contributed by atoms with van der Waals surface area (Å²) in [6.07, 6.45) is 0.214. The lowest BCUT2D eigenvalue weighted by atomic mass is 10.1. The first kappa shape index (κ1) is 17.8. The van der Waals surface area contributed by atoms with Gasteiger partial charge in [-0.1, -0.05) is 36.4 Å². The number of esters is 1. The molecule has 0 aliphatic carbocycles. The van der Waals surface area contributed by atoms with E-state index in [2.05, 4.69) is 22.2 Å². The van der Waals surface area contributed by atoms with Crippen LogP contribution < -0.4 is 14.8 Å². The van der Waals surface area contributed by atoms with E-state index in [4.69, 9.17) is 9.47 Å². The maximum atomic E-state index is 11.3. The minimum atomic E-state index is -0.282. The van der Waals surface area contributed by atoms with Gasteiger partial charge in [0, 0.05) is 13.1 Å². The molecular weight excluding hydrogens is 306 g/mol. The second kappa shape index (κ2) is 9.57. The summed E-state index contributed by atoms with van der Waals surface area (Å²) in [5, 5.41) is 3.33. The minimum Gasteiger partial charge on any atom is -0.493 e. The maximum absolute atomic E-state index is 11.3. The van der Waals surface area contributed by atoms with Crippen molar-refractivity contribution < 1.29 is 19.0 Å². The maximum Gasteiger partial charge on any atom is 0.309 e. The van der Waals surface area contributed by atoms with E-state index in [9.17, 15) is 4.79 Å². The lowest BCUT2D eigenvalue weighted by Gasteiger charge is -2.12. The highest BCUT2D eigenvalue weighted by molar-refractivity contribution is 5.72. The van der Waals surface area contributed by atoms with Crippen molar-refractivity contribution in [3.63, 3.8) is 0 Å². The third-order valence-electron chi connectivity index (χ3n) is 3.51. The average Bonchev–Trinajstić information content (AvgIpc) is 2.63. The predicted octanol–water partition coefficient (Wildman–Crippen LogP) is 2.58. The van der Waals surface area contributed by atoms with Gasteiger partial charge in [0.2, 0.25) is 0 Å². The molecule has 24 heavy (non-hydrogen) atoms. The molecule has 0 saturated heterocycles. The number of hydrogen-bond donors (Lipinski definition) is 1. The van der Waals surface area contributed by atoms with Crippen molar-refractivity contribution in [2.24, 2.45) is 0 Å². The van der Waals surface area contributed by atoms with Crippen LogP contribution >= 0.6 is 0 Å². The fourth-order valence-corrected chi connectivity index (χ4v) is 2.24. The van der Waals surface area contributed by atoms with E-state index >= 15 is 0 Å². The number of carbonyl (C=O) groups excluding carboxylic acids is 1. The molecule has 2 aromatic rings. The molecule has 0 aliphatic rings. The summed E-state index contributed by atoms with van der Waals surface area (Å²) in [6, 6.07) is 15.7. The zero-order chi connectivity index (χ0) is 17.2. The zero-order valence-electron chi connectivity index (χ0n) is 14.1. The van der Waals surface area contributed by atoms with Gasteiger partial charge in [-0.15, -0.1) is 0 Å². The molecule has 1 N–H and O–H groups in total. The number of benzene rings is 2. The van der Waals surface area contributed by atoms with E-state index in [1.165, 1.54) is 12.7 Å². The van der Waals surface area contributed by atoms with Gasteiger partial charge in [-0.3, -0.25) is 4.79 Å². The molecule has 0 aromatic heterocycles. The number of ether oxygens (including phenoxy) is 3. The van der Waals surface area contributed by atoms with Gasteiger partial charge in [0.25, 0.3) is 0 Å². The average molecular weight is 329 g/mol. The first-order chi connectivity index (χ1) is 11.7. The summed E-state index contributed by atoms with van der Waals surface area (Å²) in [5.74, 6) is 0.989. The Labute approximate surface area is 142 Å².